The number of ether oxygens (including phenoxy) is 2. The molecule has 1 amide bonds. The number of morpholine rings is 1. The number of nitrogens with zero attached hydrogens (tertiary/aromatic N) is 3. The van der Waals surface area contributed by atoms with Gasteiger partial charge < -0.3 is 14.8 Å². The molecule has 1 unspecified atom stereocenters. The molecule has 2 heterocycles. The molecule has 11 heteroatoms. The molecule has 2 aromatic carbocycles. The highest BCUT2D eigenvalue weighted by atomic mass is 35.5. The van der Waals surface area contributed by atoms with Crippen molar-refractivity contribution in [2.45, 2.75) is 25.9 Å². The van der Waals surface area contributed by atoms with E-state index < -0.39 is 5.82 Å². The fourth-order valence-electron chi connectivity index (χ4n) is 4.47. The summed E-state index contributed by atoms with van der Waals surface area (Å²) in [5.41, 5.74) is 5.08. The van der Waals surface area contributed by atoms with Gasteiger partial charge in [0.2, 0.25) is 5.91 Å². The highest BCUT2D eigenvalue weighted by Crippen LogP contribution is 2.34. The second kappa shape index (κ2) is 10.9. The first kappa shape index (κ1) is 25.9. The van der Waals surface area contributed by atoms with Gasteiger partial charge in [-0.05, 0) is 56.0 Å². The standard InChI is InChI=1S/C27H27ClFN5O4/c1-17-13-34(14-27(36)38-17,33-20-6-7-22(29)21(28)10-20)8-2-3-26(35)32-24-9-19-12-30-16-31-23(19)11-25(24)37-15-18-4-5-18/h2-3,6-7,9-12,16-18,33H,4-5,8,13-15H2,1H3/p+1/t17-,34?/m1/s1. The van der Waals surface area contributed by atoms with Crippen molar-refractivity contribution in [3.05, 3.63) is 65.8 Å². The van der Waals surface area contributed by atoms with Gasteiger partial charge >= 0.3 is 5.97 Å². The maximum absolute atomic E-state index is 13.7. The normalized spacial score (nSPS) is 21.3. The Bertz CT molecular complexity index is 1400. The van der Waals surface area contributed by atoms with Gasteiger partial charge in [0.15, 0.2) is 12.6 Å². The van der Waals surface area contributed by atoms with E-state index in [0.29, 0.717) is 42.7 Å². The smallest absolute Gasteiger partial charge is 0.364 e. The topological polar surface area (TPSA) is 102 Å². The molecule has 0 spiro atoms. The summed E-state index contributed by atoms with van der Waals surface area (Å²) in [5, 5.41) is 3.64. The summed E-state index contributed by atoms with van der Waals surface area (Å²) in [6, 6.07) is 7.86. The number of cyclic esters (lactones) is 1. The van der Waals surface area contributed by atoms with E-state index in [4.69, 9.17) is 21.1 Å². The molecule has 198 valence electrons. The van der Waals surface area contributed by atoms with Crippen molar-refractivity contribution in [3.63, 3.8) is 0 Å². The van der Waals surface area contributed by atoms with Crippen LogP contribution >= 0.6 is 11.6 Å². The molecule has 1 saturated carbocycles. The van der Waals surface area contributed by atoms with E-state index in [2.05, 4.69) is 20.7 Å². The first-order chi connectivity index (χ1) is 18.3. The maximum Gasteiger partial charge on any atom is 0.364 e. The van der Waals surface area contributed by atoms with Crippen LogP contribution in [0.4, 0.5) is 15.8 Å². The van der Waals surface area contributed by atoms with Gasteiger partial charge in [-0.1, -0.05) is 11.6 Å². The number of benzene rings is 2. The number of carbonyl (C=O) groups is 2. The van der Waals surface area contributed by atoms with Gasteiger partial charge in [-0.25, -0.2) is 29.2 Å². The van der Waals surface area contributed by atoms with E-state index in [-0.39, 0.29) is 34.1 Å². The minimum atomic E-state index is -0.535. The summed E-state index contributed by atoms with van der Waals surface area (Å²) in [5.74, 6) is -0.170. The van der Waals surface area contributed by atoms with Gasteiger partial charge in [-0.2, -0.15) is 0 Å². The Hall–Kier alpha value is -3.76. The largest absolute Gasteiger partial charge is 0.491 e. The second-order valence-electron chi connectivity index (χ2n) is 9.79. The summed E-state index contributed by atoms with van der Waals surface area (Å²) < 4.78 is 25.0. The van der Waals surface area contributed by atoms with Gasteiger partial charge in [0.1, 0.15) is 31.0 Å². The third-order valence-electron chi connectivity index (χ3n) is 6.42. The Labute approximate surface area is 224 Å². The minimum absolute atomic E-state index is 0.0229. The van der Waals surface area contributed by atoms with Gasteiger partial charge in [-0.3, -0.25) is 4.79 Å². The molecule has 38 heavy (non-hydrogen) atoms. The van der Waals surface area contributed by atoms with Crippen molar-refractivity contribution >= 4 is 45.8 Å². The number of anilines is 2. The number of quaternary nitrogens is 1. The van der Waals surface area contributed by atoms with Crippen LogP contribution in [0.3, 0.4) is 0 Å². The second-order valence-corrected chi connectivity index (χ2v) is 10.2. The molecule has 5 rings (SSSR count). The van der Waals surface area contributed by atoms with Crippen molar-refractivity contribution in [3.8, 4) is 5.75 Å². The highest BCUT2D eigenvalue weighted by Gasteiger charge is 2.39. The third-order valence-corrected chi connectivity index (χ3v) is 6.71. The number of fused-ring (bicyclic) bond motifs is 1. The number of nitrogens with one attached hydrogen (secondary N) is 2. The van der Waals surface area contributed by atoms with E-state index in [1.807, 2.05) is 0 Å². The molecule has 0 radical (unpaired) electrons. The van der Waals surface area contributed by atoms with Gasteiger partial charge in [0.05, 0.1) is 28.5 Å². The number of hydrogen-bond donors (Lipinski definition) is 2. The molecule has 2 atom stereocenters. The van der Waals surface area contributed by atoms with Crippen molar-refractivity contribution in [2.24, 2.45) is 5.92 Å². The summed E-state index contributed by atoms with van der Waals surface area (Å²) in [4.78, 5) is 33.5. The van der Waals surface area contributed by atoms with E-state index in [1.54, 1.807) is 37.4 Å². The highest BCUT2D eigenvalue weighted by molar-refractivity contribution is 6.31. The molecule has 9 nitrogen and oxygen atoms in total. The van der Waals surface area contributed by atoms with Crippen LogP contribution in [0.15, 0.2) is 55.0 Å². The number of carbonyl (C=O) groups excluding carboxylic acids is 2. The number of rotatable bonds is 9. The van der Waals surface area contributed by atoms with E-state index in [0.717, 1.165) is 23.7 Å². The number of aromatic nitrogens is 2. The lowest BCUT2D eigenvalue weighted by Gasteiger charge is -2.41. The zero-order valence-corrected chi connectivity index (χ0v) is 21.6. The van der Waals surface area contributed by atoms with Crippen LogP contribution in [-0.2, 0) is 14.3 Å². The lowest BCUT2D eigenvalue weighted by molar-refractivity contribution is -0.902. The number of halogens is 2. The molecule has 1 saturated heterocycles. The molecule has 2 fully saturated rings. The van der Waals surface area contributed by atoms with Crippen molar-refractivity contribution in [1.82, 2.24) is 9.97 Å². The van der Waals surface area contributed by atoms with Crippen LogP contribution in [0.2, 0.25) is 5.02 Å². The molecule has 1 aromatic heterocycles. The predicted octanol–water partition coefficient (Wildman–Crippen LogP) is 4.50. The van der Waals surface area contributed by atoms with E-state index in [1.165, 1.54) is 24.5 Å². The van der Waals surface area contributed by atoms with Crippen LogP contribution in [0.25, 0.3) is 10.9 Å². The molecular formula is C27H28ClFN5O4+. The average molecular weight is 541 g/mol. The van der Waals surface area contributed by atoms with E-state index >= 15 is 0 Å². The number of hydrogen-bond acceptors (Lipinski definition) is 7. The zero-order valence-electron chi connectivity index (χ0n) is 20.8. The molecule has 1 aliphatic carbocycles. The summed E-state index contributed by atoms with van der Waals surface area (Å²) in [7, 11) is 0. The Morgan fingerprint density at radius 1 is 1.32 bits per heavy atom. The molecule has 1 aliphatic heterocycles. The van der Waals surface area contributed by atoms with E-state index in [9.17, 15) is 14.0 Å². The molecule has 0 bridgehead atoms. The molecule has 2 aliphatic rings. The van der Waals surface area contributed by atoms with Crippen LogP contribution in [0, 0.1) is 11.7 Å². The summed E-state index contributed by atoms with van der Waals surface area (Å²) in [6.45, 7) is 3.14. The number of amides is 1. The van der Waals surface area contributed by atoms with Crippen LogP contribution in [0.5, 0.6) is 5.75 Å². The maximum atomic E-state index is 13.7. The number of esters is 1. The van der Waals surface area contributed by atoms with Gasteiger partial charge in [0.25, 0.3) is 0 Å². The lowest BCUT2D eigenvalue weighted by atomic mass is 10.2. The first-order valence-electron chi connectivity index (χ1n) is 12.4. The van der Waals surface area contributed by atoms with Crippen LogP contribution in [-0.4, -0.2) is 58.8 Å². The zero-order chi connectivity index (χ0) is 26.7. The van der Waals surface area contributed by atoms with Gasteiger partial charge in [-0.15, -0.1) is 0 Å². The quantitative estimate of drug-likeness (QED) is 0.234. The Morgan fingerprint density at radius 2 is 2.16 bits per heavy atom. The van der Waals surface area contributed by atoms with Crippen LogP contribution in [0.1, 0.15) is 19.8 Å². The molecule has 2 N–H and O–H groups in total. The predicted molar refractivity (Wildman–Crippen MR) is 141 cm³/mol. The van der Waals surface area contributed by atoms with Crippen LogP contribution < -0.4 is 15.5 Å². The van der Waals surface area contributed by atoms with Crippen molar-refractivity contribution < 1.29 is 28.0 Å². The third kappa shape index (κ3) is 6.38. The summed E-state index contributed by atoms with van der Waals surface area (Å²) >= 11 is 5.95. The lowest BCUT2D eigenvalue weighted by Crippen LogP contribution is -2.62. The first-order valence-corrected chi connectivity index (χ1v) is 12.8. The Balaban J connectivity index is 1.32. The van der Waals surface area contributed by atoms with Crippen molar-refractivity contribution in [1.29, 1.82) is 0 Å². The fourth-order valence-corrected chi connectivity index (χ4v) is 4.65. The monoisotopic (exact) mass is 540 g/mol. The molecular weight excluding hydrogens is 513 g/mol. The Kier molecular flexibility index (Phi) is 7.44. The molecule has 3 aromatic rings. The van der Waals surface area contributed by atoms with Crippen molar-refractivity contribution in [2.75, 3.05) is 37.0 Å². The Morgan fingerprint density at radius 3 is 2.92 bits per heavy atom. The minimum Gasteiger partial charge on any atom is -0.491 e. The fraction of sp³-hybridized carbons (Fsp3) is 0.333. The SMILES string of the molecule is C[C@@H]1C[N+](CC=CC(=O)Nc2cc3cncnc3cc2OCC2CC2)(Nc2ccc(F)c(Cl)c2)CC(=O)O1. The van der Waals surface area contributed by atoms with Gasteiger partial charge in [0, 0.05) is 23.7 Å². The summed E-state index contributed by atoms with van der Waals surface area (Å²) in [6.07, 6.45) is 8.19. The average Bonchev–Trinajstić information content (AvgIpc) is 3.69.